The topological polar surface area (TPSA) is 9.23 Å². The van der Waals surface area contributed by atoms with Crippen LogP contribution >= 0.6 is 0 Å². The van der Waals surface area contributed by atoms with E-state index >= 15 is 0 Å². The maximum Gasteiger partial charge on any atom is 0.0861 e. The van der Waals surface area contributed by atoms with Crippen LogP contribution in [0.2, 0.25) is 0 Å². The lowest BCUT2D eigenvalue weighted by molar-refractivity contribution is -0.0934. The highest BCUT2D eigenvalue weighted by Gasteiger charge is 2.39. The largest absolute Gasteiger partial charge is 0.365 e. The SMILES string of the molecule is CCCCCc1ccc(C(OC(c2ccc(CCCCC)cc2)C2CCC(C3CCC(CCCC)CC3)CC2)C2CCC(C3CCC(CCCC)CC3)CC2)cc1. The molecule has 0 radical (unpaired) electrons. The summed E-state index contributed by atoms with van der Waals surface area (Å²) in [6.07, 6.45) is 42.3. The number of hydrogen-bond acceptors (Lipinski definition) is 1. The fourth-order valence-corrected chi connectivity index (χ4v) is 12.7. The van der Waals surface area contributed by atoms with Crippen LogP contribution in [0, 0.1) is 47.3 Å². The van der Waals surface area contributed by atoms with Gasteiger partial charge >= 0.3 is 0 Å². The molecule has 0 aliphatic heterocycles. The Morgan fingerprint density at radius 1 is 0.386 bits per heavy atom. The fourth-order valence-electron chi connectivity index (χ4n) is 12.7. The Bertz CT molecular complexity index is 1210. The minimum atomic E-state index is 0.200. The lowest BCUT2D eigenvalue weighted by Crippen LogP contribution is -2.31. The summed E-state index contributed by atoms with van der Waals surface area (Å²) in [5, 5.41) is 0. The Kier molecular flexibility index (Phi) is 19.4. The molecule has 57 heavy (non-hydrogen) atoms. The van der Waals surface area contributed by atoms with E-state index in [9.17, 15) is 0 Å². The Hall–Kier alpha value is -1.60. The smallest absolute Gasteiger partial charge is 0.0861 e. The molecule has 1 nitrogen and oxygen atoms in total. The molecule has 4 aliphatic rings. The van der Waals surface area contributed by atoms with Crippen molar-refractivity contribution < 1.29 is 4.74 Å². The molecule has 2 unspecified atom stereocenters. The number of rotatable bonds is 22. The van der Waals surface area contributed by atoms with E-state index in [-0.39, 0.29) is 12.2 Å². The highest BCUT2D eigenvalue weighted by atomic mass is 16.5. The fraction of sp³-hybridized carbons (Fsp3) is 0.786. The molecule has 4 saturated carbocycles. The molecular weight excluding hydrogens is 689 g/mol. The summed E-state index contributed by atoms with van der Waals surface area (Å²) < 4.78 is 7.84. The third kappa shape index (κ3) is 13.7. The van der Waals surface area contributed by atoms with Crippen molar-refractivity contribution in [1.82, 2.24) is 0 Å². The molecule has 0 heterocycles. The minimum absolute atomic E-state index is 0.200. The first-order valence-electron chi connectivity index (χ1n) is 25.9. The summed E-state index contributed by atoms with van der Waals surface area (Å²) in [5.74, 6) is 7.15. The van der Waals surface area contributed by atoms with Gasteiger partial charge in [-0.1, -0.05) is 166 Å². The zero-order chi connectivity index (χ0) is 39.7. The second-order valence-electron chi connectivity index (χ2n) is 20.6. The van der Waals surface area contributed by atoms with Gasteiger partial charge in [-0.3, -0.25) is 0 Å². The monoisotopic (exact) mass is 779 g/mol. The second kappa shape index (κ2) is 24.6. The van der Waals surface area contributed by atoms with Crippen LogP contribution in [0.4, 0.5) is 0 Å². The van der Waals surface area contributed by atoms with Gasteiger partial charge in [-0.15, -0.1) is 0 Å². The second-order valence-corrected chi connectivity index (χ2v) is 20.6. The van der Waals surface area contributed by atoms with Crippen LogP contribution in [0.1, 0.15) is 242 Å². The van der Waals surface area contributed by atoms with Crippen LogP contribution in [0.5, 0.6) is 0 Å². The lowest BCUT2D eigenvalue weighted by atomic mass is 9.67. The van der Waals surface area contributed by atoms with Gasteiger partial charge in [0.25, 0.3) is 0 Å². The predicted octanol–water partition coefficient (Wildman–Crippen LogP) is 17.6. The van der Waals surface area contributed by atoms with E-state index in [1.54, 1.807) is 0 Å². The maximum absolute atomic E-state index is 7.84. The van der Waals surface area contributed by atoms with Gasteiger partial charge < -0.3 is 4.74 Å². The quantitative estimate of drug-likeness (QED) is 0.108. The molecule has 0 aromatic heterocycles. The molecular formula is C56H90O. The third-order valence-electron chi connectivity index (χ3n) is 16.6. The van der Waals surface area contributed by atoms with Crippen molar-refractivity contribution in [2.45, 2.75) is 233 Å². The van der Waals surface area contributed by atoms with Crippen LogP contribution in [0.3, 0.4) is 0 Å². The molecule has 0 bridgehead atoms. The minimum Gasteiger partial charge on any atom is -0.365 e. The van der Waals surface area contributed by atoms with Gasteiger partial charge in [-0.2, -0.15) is 0 Å². The standard InChI is InChI=1S/C56H90O/c1-5-9-13-17-45-23-31-51(32-24-45)55(53-39-35-49(36-40-53)47-27-19-43(20-28-47)15-11-7-3)57-56(52-33-25-46(26-34-52)18-14-10-6-2)54-41-37-50(38-42-54)48-29-21-44(22-30-48)16-12-8-4/h23-26,31-34,43-44,47-50,53-56H,5-22,27-30,35-42H2,1-4H3. The highest BCUT2D eigenvalue weighted by Crippen LogP contribution is 2.50. The van der Waals surface area contributed by atoms with Crippen molar-refractivity contribution in [3.63, 3.8) is 0 Å². The van der Waals surface area contributed by atoms with Gasteiger partial charge in [0.05, 0.1) is 12.2 Å². The van der Waals surface area contributed by atoms with Crippen molar-refractivity contribution in [3.8, 4) is 0 Å². The Morgan fingerprint density at radius 2 is 0.702 bits per heavy atom. The van der Waals surface area contributed by atoms with Gasteiger partial charge in [0, 0.05) is 0 Å². The Balaban J connectivity index is 1.17. The van der Waals surface area contributed by atoms with Crippen LogP contribution in [0.15, 0.2) is 48.5 Å². The van der Waals surface area contributed by atoms with Crippen LogP contribution < -0.4 is 0 Å². The molecule has 2 aromatic carbocycles. The van der Waals surface area contributed by atoms with E-state index in [0.717, 1.165) is 35.5 Å². The number of hydrogen-bond donors (Lipinski definition) is 0. The van der Waals surface area contributed by atoms with E-state index in [1.165, 1.54) is 215 Å². The van der Waals surface area contributed by atoms with Crippen molar-refractivity contribution in [3.05, 3.63) is 70.8 Å². The van der Waals surface area contributed by atoms with Crippen molar-refractivity contribution >= 4 is 0 Å². The number of aryl methyl sites for hydroxylation is 2. The molecule has 0 N–H and O–H groups in total. The first-order chi connectivity index (χ1) is 28.1. The number of unbranched alkanes of at least 4 members (excludes halogenated alkanes) is 6. The first-order valence-corrected chi connectivity index (χ1v) is 25.9. The van der Waals surface area contributed by atoms with Crippen molar-refractivity contribution in [2.24, 2.45) is 47.3 Å². The molecule has 2 atom stereocenters. The van der Waals surface area contributed by atoms with Gasteiger partial charge in [-0.05, 0) is 172 Å². The summed E-state index contributed by atoms with van der Waals surface area (Å²) in [6.45, 7) is 9.37. The highest BCUT2D eigenvalue weighted by molar-refractivity contribution is 5.28. The molecule has 0 amide bonds. The molecule has 320 valence electrons. The Morgan fingerprint density at radius 3 is 1.02 bits per heavy atom. The third-order valence-corrected chi connectivity index (χ3v) is 16.6. The zero-order valence-corrected chi connectivity index (χ0v) is 38.0. The predicted molar refractivity (Wildman–Crippen MR) is 247 cm³/mol. The lowest BCUT2D eigenvalue weighted by Gasteiger charge is -2.43. The Labute approximate surface area is 354 Å². The van der Waals surface area contributed by atoms with Crippen LogP contribution in [-0.4, -0.2) is 0 Å². The van der Waals surface area contributed by atoms with Crippen LogP contribution in [-0.2, 0) is 17.6 Å². The van der Waals surface area contributed by atoms with Gasteiger partial charge in [-0.25, -0.2) is 0 Å². The van der Waals surface area contributed by atoms with E-state index in [4.69, 9.17) is 4.74 Å². The van der Waals surface area contributed by atoms with E-state index in [1.807, 2.05) is 0 Å². The molecule has 0 saturated heterocycles. The summed E-state index contributed by atoms with van der Waals surface area (Å²) in [4.78, 5) is 0. The zero-order valence-electron chi connectivity index (χ0n) is 38.0. The molecule has 4 fully saturated rings. The maximum atomic E-state index is 7.84. The van der Waals surface area contributed by atoms with E-state index in [2.05, 4.69) is 76.2 Å². The van der Waals surface area contributed by atoms with E-state index < -0.39 is 0 Å². The van der Waals surface area contributed by atoms with Crippen molar-refractivity contribution in [1.29, 1.82) is 0 Å². The number of benzene rings is 2. The summed E-state index contributed by atoms with van der Waals surface area (Å²) in [5.41, 5.74) is 5.95. The van der Waals surface area contributed by atoms with Gasteiger partial charge in [0.1, 0.15) is 0 Å². The van der Waals surface area contributed by atoms with Crippen molar-refractivity contribution in [2.75, 3.05) is 0 Å². The molecule has 2 aromatic rings. The summed E-state index contributed by atoms with van der Waals surface area (Å²) in [7, 11) is 0. The normalized spacial score (nSPS) is 29.5. The number of ether oxygens (including phenoxy) is 1. The summed E-state index contributed by atoms with van der Waals surface area (Å²) in [6, 6.07) is 19.8. The first kappa shape index (κ1) is 44.9. The molecule has 6 rings (SSSR count). The molecule has 0 spiro atoms. The van der Waals surface area contributed by atoms with Crippen LogP contribution in [0.25, 0.3) is 0 Å². The van der Waals surface area contributed by atoms with E-state index in [0.29, 0.717) is 11.8 Å². The summed E-state index contributed by atoms with van der Waals surface area (Å²) >= 11 is 0. The van der Waals surface area contributed by atoms with Gasteiger partial charge in [0.15, 0.2) is 0 Å². The average molecular weight is 779 g/mol. The molecule has 4 aliphatic carbocycles. The van der Waals surface area contributed by atoms with Gasteiger partial charge in [0.2, 0.25) is 0 Å². The average Bonchev–Trinajstić information content (AvgIpc) is 3.27. The molecule has 1 heteroatoms.